The number of fused-ring (bicyclic) bond motifs is 7. The Morgan fingerprint density at radius 3 is 1.36 bits per heavy atom. The molecule has 0 spiro atoms. The highest BCUT2D eigenvalue weighted by molar-refractivity contribution is 6.27. The van der Waals surface area contributed by atoms with Crippen LogP contribution in [0.4, 0.5) is 0 Å². The summed E-state index contributed by atoms with van der Waals surface area (Å²) in [5, 5.41) is 5.21. The van der Waals surface area contributed by atoms with Crippen molar-refractivity contribution >= 4 is 43.6 Å². The minimum Gasteiger partial charge on any atom is -0.354 e. The van der Waals surface area contributed by atoms with Gasteiger partial charge in [-0.15, -0.1) is 0 Å². The fourth-order valence-corrected chi connectivity index (χ4v) is 3.28. The van der Waals surface area contributed by atoms with Crippen LogP contribution in [0.3, 0.4) is 0 Å². The molecular weight excluding hydrogens is 268 g/mol. The standard InChI is InChI=1S/C18H12N2.C2H6/c1-3-7-13-11(5-1)17-15(19-13)9-10-16-18(17)12-6-2-4-8-14(12)20-16;1-2/h1-10,19-20H;1-2H3. The Hall–Kier alpha value is -2.74. The molecule has 0 fully saturated rings. The highest BCUT2D eigenvalue weighted by Crippen LogP contribution is 2.36. The number of hydrogen-bond donors (Lipinski definition) is 2. The summed E-state index contributed by atoms with van der Waals surface area (Å²) in [5.74, 6) is 0. The normalized spacial score (nSPS) is 11.2. The van der Waals surface area contributed by atoms with Gasteiger partial charge in [-0.25, -0.2) is 0 Å². The van der Waals surface area contributed by atoms with E-state index in [2.05, 4.69) is 70.6 Å². The Morgan fingerprint density at radius 1 is 0.500 bits per heavy atom. The molecule has 0 aliphatic heterocycles. The van der Waals surface area contributed by atoms with Crippen molar-refractivity contribution in [2.75, 3.05) is 0 Å². The molecule has 0 aliphatic rings. The van der Waals surface area contributed by atoms with Gasteiger partial charge in [0.2, 0.25) is 0 Å². The first-order valence-electron chi connectivity index (χ1n) is 7.82. The number of aromatic nitrogens is 2. The van der Waals surface area contributed by atoms with Crippen molar-refractivity contribution in [2.45, 2.75) is 13.8 Å². The van der Waals surface area contributed by atoms with Gasteiger partial charge in [-0.3, -0.25) is 0 Å². The molecule has 0 atom stereocenters. The Bertz CT molecular complexity index is 1010. The Labute approximate surface area is 128 Å². The maximum absolute atomic E-state index is 3.51. The lowest BCUT2D eigenvalue weighted by Gasteiger charge is -1.96. The van der Waals surface area contributed by atoms with E-state index >= 15 is 0 Å². The second-order valence-electron chi connectivity index (χ2n) is 5.25. The van der Waals surface area contributed by atoms with Crippen LogP contribution in [0.1, 0.15) is 13.8 Å². The number of H-pyrrole nitrogens is 2. The summed E-state index contributed by atoms with van der Waals surface area (Å²) in [4.78, 5) is 7.02. The summed E-state index contributed by atoms with van der Waals surface area (Å²) in [6.07, 6.45) is 0. The summed E-state index contributed by atoms with van der Waals surface area (Å²) in [5.41, 5.74) is 4.78. The first kappa shape index (κ1) is 13.0. The predicted molar refractivity (Wildman–Crippen MR) is 96.5 cm³/mol. The first-order chi connectivity index (χ1) is 10.9. The molecule has 0 unspecified atom stereocenters. The minimum atomic E-state index is 1.19. The molecule has 108 valence electrons. The quantitative estimate of drug-likeness (QED) is 0.351. The first-order valence-corrected chi connectivity index (χ1v) is 7.82. The zero-order valence-electron chi connectivity index (χ0n) is 12.8. The van der Waals surface area contributed by atoms with Gasteiger partial charge in [0, 0.05) is 43.6 Å². The maximum atomic E-state index is 3.51. The number of rotatable bonds is 0. The van der Waals surface area contributed by atoms with E-state index in [4.69, 9.17) is 0 Å². The van der Waals surface area contributed by atoms with Crippen LogP contribution in [0.15, 0.2) is 60.7 Å². The molecule has 0 radical (unpaired) electrons. The number of para-hydroxylation sites is 2. The van der Waals surface area contributed by atoms with Gasteiger partial charge >= 0.3 is 0 Å². The highest BCUT2D eigenvalue weighted by Gasteiger charge is 2.11. The molecule has 0 bridgehead atoms. The lowest BCUT2D eigenvalue weighted by atomic mass is 10.1. The van der Waals surface area contributed by atoms with E-state index in [0.717, 1.165) is 0 Å². The van der Waals surface area contributed by atoms with E-state index in [1.54, 1.807) is 0 Å². The molecule has 22 heavy (non-hydrogen) atoms. The van der Waals surface area contributed by atoms with Gasteiger partial charge in [0.25, 0.3) is 0 Å². The molecule has 0 saturated heterocycles. The summed E-state index contributed by atoms with van der Waals surface area (Å²) in [6, 6.07) is 21.3. The van der Waals surface area contributed by atoms with Crippen LogP contribution in [0, 0.1) is 0 Å². The van der Waals surface area contributed by atoms with Crippen LogP contribution >= 0.6 is 0 Å². The van der Waals surface area contributed by atoms with Gasteiger partial charge < -0.3 is 9.97 Å². The van der Waals surface area contributed by atoms with Crippen LogP contribution < -0.4 is 0 Å². The molecule has 2 heterocycles. The van der Waals surface area contributed by atoms with Crippen LogP contribution in [-0.2, 0) is 0 Å². The fourth-order valence-electron chi connectivity index (χ4n) is 3.28. The zero-order valence-corrected chi connectivity index (χ0v) is 12.8. The van der Waals surface area contributed by atoms with E-state index in [9.17, 15) is 0 Å². The average molecular weight is 286 g/mol. The zero-order chi connectivity index (χ0) is 15.1. The fraction of sp³-hybridized carbons (Fsp3) is 0.100. The summed E-state index contributed by atoms with van der Waals surface area (Å²) >= 11 is 0. The van der Waals surface area contributed by atoms with Gasteiger partial charge in [-0.05, 0) is 24.3 Å². The number of nitrogens with one attached hydrogen (secondary N) is 2. The van der Waals surface area contributed by atoms with Crippen molar-refractivity contribution in [3.8, 4) is 0 Å². The maximum Gasteiger partial charge on any atom is 0.0472 e. The van der Waals surface area contributed by atoms with E-state index in [1.807, 2.05) is 13.8 Å². The SMILES string of the molecule is CC.c1ccc2c(c1)[nH]c1ccc3[nH]c4ccccc4c3c12. The number of hydrogen-bond acceptors (Lipinski definition) is 0. The predicted octanol–water partition coefficient (Wildman–Crippen LogP) is 5.98. The molecule has 5 aromatic rings. The summed E-state index contributed by atoms with van der Waals surface area (Å²) < 4.78 is 0. The third-order valence-corrected chi connectivity index (χ3v) is 4.14. The molecule has 2 nitrogen and oxygen atoms in total. The van der Waals surface area contributed by atoms with Crippen molar-refractivity contribution in [3.05, 3.63) is 60.7 Å². The van der Waals surface area contributed by atoms with Crippen molar-refractivity contribution in [3.63, 3.8) is 0 Å². The smallest absolute Gasteiger partial charge is 0.0472 e. The van der Waals surface area contributed by atoms with E-state index in [1.165, 1.54) is 43.6 Å². The van der Waals surface area contributed by atoms with Crippen molar-refractivity contribution < 1.29 is 0 Å². The molecule has 3 aromatic carbocycles. The number of benzene rings is 3. The van der Waals surface area contributed by atoms with E-state index < -0.39 is 0 Å². The third kappa shape index (κ3) is 1.67. The van der Waals surface area contributed by atoms with Crippen molar-refractivity contribution in [1.29, 1.82) is 0 Å². The summed E-state index contributed by atoms with van der Waals surface area (Å²) in [7, 11) is 0. The molecule has 0 amide bonds. The molecule has 2 aromatic heterocycles. The van der Waals surface area contributed by atoms with Crippen LogP contribution in [0.25, 0.3) is 43.6 Å². The average Bonchev–Trinajstić information content (AvgIpc) is 3.14. The lowest BCUT2D eigenvalue weighted by Crippen LogP contribution is -1.71. The summed E-state index contributed by atoms with van der Waals surface area (Å²) in [6.45, 7) is 4.00. The van der Waals surface area contributed by atoms with Crippen molar-refractivity contribution in [2.24, 2.45) is 0 Å². The van der Waals surface area contributed by atoms with Gasteiger partial charge in [-0.2, -0.15) is 0 Å². The molecule has 2 N–H and O–H groups in total. The molecule has 2 heteroatoms. The number of aromatic amines is 2. The molecule has 5 rings (SSSR count). The monoisotopic (exact) mass is 286 g/mol. The minimum absolute atomic E-state index is 1.19. The van der Waals surface area contributed by atoms with Crippen LogP contribution in [-0.4, -0.2) is 9.97 Å². The van der Waals surface area contributed by atoms with E-state index in [0.29, 0.717) is 0 Å². The molecule has 0 saturated carbocycles. The lowest BCUT2D eigenvalue weighted by molar-refractivity contribution is 1.50. The molecule has 0 aliphatic carbocycles. The topological polar surface area (TPSA) is 31.6 Å². The van der Waals surface area contributed by atoms with Gasteiger partial charge in [-0.1, -0.05) is 50.2 Å². The third-order valence-electron chi connectivity index (χ3n) is 4.14. The second-order valence-corrected chi connectivity index (χ2v) is 5.25. The van der Waals surface area contributed by atoms with Gasteiger partial charge in [0.15, 0.2) is 0 Å². The highest BCUT2D eigenvalue weighted by atomic mass is 14.7. The van der Waals surface area contributed by atoms with Crippen LogP contribution in [0.5, 0.6) is 0 Å². The van der Waals surface area contributed by atoms with Crippen molar-refractivity contribution in [1.82, 2.24) is 9.97 Å². The molecular formula is C20H18N2. The Kier molecular flexibility index (Phi) is 2.90. The largest absolute Gasteiger partial charge is 0.354 e. The second kappa shape index (κ2) is 4.92. The Morgan fingerprint density at radius 2 is 0.909 bits per heavy atom. The van der Waals surface area contributed by atoms with Gasteiger partial charge in [0.1, 0.15) is 0 Å². The van der Waals surface area contributed by atoms with Crippen LogP contribution in [0.2, 0.25) is 0 Å². The Balaban J connectivity index is 0.000000602. The van der Waals surface area contributed by atoms with E-state index in [-0.39, 0.29) is 0 Å². The van der Waals surface area contributed by atoms with Gasteiger partial charge in [0.05, 0.1) is 0 Å².